The molecule has 2 aromatic rings. The first-order valence-corrected chi connectivity index (χ1v) is 7.71. The minimum Gasteiger partial charge on any atom is -0.264 e. The first-order valence-electron chi connectivity index (χ1n) is 6.06. The minimum atomic E-state index is -3.51. The molecule has 0 unspecified atom stereocenters. The Hall–Kier alpha value is -2.32. The summed E-state index contributed by atoms with van der Waals surface area (Å²) in [4.78, 5) is 13.9. The number of non-ortho nitro benzene ring substituents is 1. The standard InChI is InChI=1S/C13H13N3O4S/c17-16(18)13-5-3-11(4-6-13)10-21(19,20)15-9-12-2-1-7-14-8-12/h1-8,15H,9-10H2. The SMILES string of the molecule is O=[N+]([O-])c1ccc(CS(=O)(=O)NCc2cccnc2)cc1. The molecular weight excluding hydrogens is 294 g/mol. The van der Waals surface area contributed by atoms with E-state index in [0.717, 1.165) is 5.56 Å². The van der Waals surface area contributed by atoms with Crippen molar-refractivity contribution in [2.75, 3.05) is 0 Å². The van der Waals surface area contributed by atoms with E-state index in [0.29, 0.717) is 5.56 Å². The number of benzene rings is 1. The van der Waals surface area contributed by atoms with Gasteiger partial charge in [-0.3, -0.25) is 15.1 Å². The number of nitrogens with one attached hydrogen (secondary N) is 1. The average Bonchev–Trinajstić information content (AvgIpc) is 2.46. The van der Waals surface area contributed by atoms with Crippen molar-refractivity contribution in [1.82, 2.24) is 9.71 Å². The largest absolute Gasteiger partial charge is 0.269 e. The van der Waals surface area contributed by atoms with Gasteiger partial charge in [-0.2, -0.15) is 0 Å². The second-order valence-corrected chi connectivity index (χ2v) is 6.17. The molecule has 1 N–H and O–H groups in total. The molecule has 0 atom stereocenters. The predicted molar refractivity (Wildman–Crippen MR) is 76.8 cm³/mol. The lowest BCUT2D eigenvalue weighted by atomic mass is 10.2. The third kappa shape index (κ3) is 4.62. The van der Waals surface area contributed by atoms with Gasteiger partial charge < -0.3 is 0 Å². The van der Waals surface area contributed by atoms with E-state index in [1.165, 1.54) is 24.3 Å². The van der Waals surface area contributed by atoms with Gasteiger partial charge in [0, 0.05) is 31.1 Å². The number of hydrogen-bond donors (Lipinski definition) is 1. The van der Waals surface area contributed by atoms with Gasteiger partial charge >= 0.3 is 0 Å². The van der Waals surface area contributed by atoms with Gasteiger partial charge in [0.25, 0.3) is 5.69 Å². The summed E-state index contributed by atoms with van der Waals surface area (Å²) in [7, 11) is -3.51. The van der Waals surface area contributed by atoms with Gasteiger partial charge in [0.1, 0.15) is 0 Å². The summed E-state index contributed by atoms with van der Waals surface area (Å²) in [5.74, 6) is -0.231. The molecular formula is C13H13N3O4S. The first kappa shape index (κ1) is 15.1. The highest BCUT2D eigenvalue weighted by atomic mass is 32.2. The van der Waals surface area contributed by atoms with Gasteiger partial charge in [-0.25, -0.2) is 13.1 Å². The molecule has 0 spiro atoms. The van der Waals surface area contributed by atoms with Crippen LogP contribution in [0.2, 0.25) is 0 Å². The van der Waals surface area contributed by atoms with Crippen molar-refractivity contribution >= 4 is 15.7 Å². The van der Waals surface area contributed by atoms with Gasteiger partial charge in [-0.1, -0.05) is 18.2 Å². The normalized spacial score (nSPS) is 11.2. The molecule has 1 heterocycles. The van der Waals surface area contributed by atoms with E-state index in [1.54, 1.807) is 24.5 Å². The number of aromatic nitrogens is 1. The molecule has 2 rings (SSSR count). The molecule has 110 valence electrons. The summed E-state index contributed by atoms with van der Waals surface area (Å²) >= 11 is 0. The predicted octanol–water partition coefficient (Wildman–Crippen LogP) is 1.61. The van der Waals surface area contributed by atoms with Crippen LogP contribution in [0.4, 0.5) is 5.69 Å². The lowest BCUT2D eigenvalue weighted by Crippen LogP contribution is -2.24. The molecule has 0 aliphatic carbocycles. The fraction of sp³-hybridized carbons (Fsp3) is 0.154. The van der Waals surface area contributed by atoms with Crippen molar-refractivity contribution in [2.45, 2.75) is 12.3 Å². The average molecular weight is 307 g/mol. The Morgan fingerprint density at radius 2 is 1.86 bits per heavy atom. The van der Waals surface area contributed by atoms with Crippen LogP contribution in [-0.2, 0) is 22.3 Å². The van der Waals surface area contributed by atoms with Crippen molar-refractivity contribution in [2.24, 2.45) is 0 Å². The molecule has 0 saturated carbocycles. The summed E-state index contributed by atoms with van der Waals surface area (Å²) in [5.41, 5.74) is 1.17. The fourth-order valence-electron chi connectivity index (χ4n) is 1.68. The molecule has 0 amide bonds. The number of nitro benzene ring substituents is 1. The zero-order valence-corrected chi connectivity index (χ0v) is 11.8. The number of pyridine rings is 1. The van der Waals surface area contributed by atoms with Gasteiger partial charge in [-0.05, 0) is 17.2 Å². The number of hydrogen-bond acceptors (Lipinski definition) is 5. The van der Waals surface area contributed by atoms with Gasteiger partial charge in [-0.15, -0.1) is 0 Å². The molecule has 0 radical (unpaired) electrons. The summed E-state index contributed by atoms with van der Waals surface area (Å²) in [6.45, 7) is 0.156. The van der Waals surface area contributed by atoms with Crippen LogP contribution in [0, 0.1) is 10.1 Å². The Kier molecular flexibility index (Phi) is 4.61. The molecule has 1 aromatic heterocycles. The zero-order valence-electron chi connectivity index (χ0n) is 11.0. The van der Waals surface area contributed by atoms with E-state index in [2.05, 4.69) is 9.71 Å². The van der Waals surface area contributed by atoms with E-state index in [4.69, 9.17) is 0 Å². The third-order valence-electron chi connectivity index (χ3n) is 2.72. The van der Waals surface area contributed by atoms with Crippen LogP contribution in [0.25, 0.3) is 0 Å². The van der Waals surface area contributed by atoms with Crippen molar-refractivity contribution in [3.05, 3.63) is 70.0 Å². The lowest BCUT2D eigenvalue weighted by Gasteiger charge is -2.06. The van der Waals surface area contributed by atoms with E-state index in [1.807, 2.05) is 0 Å². The molecule has 0 aliphatic rings. The quantitative estimate of drug-likeness (QED) is 0.645. The Morgan fingerprint density at radius 1 is 1.14 bits per heavy atom. The summed E-state index contributed by atoms with van der Waals surface area (Å²) in [5, 5.41) is 10.5. The Labute approximate surface area is 121 Å². The molecule has 8 heteroatoms. The summed E-state index contributed by atoms with van der Waals surface area (Å²) in [6, 6.07) is 8.92. The van der Waals surface area contributed by atoms with Crippen LogP contribution in [0.1, 0.15) is 11.1 Å². The maximum Gasteiger partial charge on any atom is 0.269 e. The smallest absolute Gasteiger partial charge is 0.264 e. The van der Waals surface area contributed by atoms with Crippen LogP contribution in [0.5, 0.6) is 0 Å². The minimum absolute atomic E-state index is 0.0699. The molecule has 0 aliphatic heterocycles. The van der Waals surface area contributed by atoms with Gasteiger partial charge in [0.2, 0.25) is 10.0 Å². The van der Waals surface area contributed by atoms with Crippen LogP contribution in [0.15, 0.2) is 48.8 Å². The molecule has 1 aromatic carbocycles. The van der Waals surface area contributed by atoms with Crippen molar-refractivity contribution in [3.63, 3.8) is 0 Å². The highest BCUT2D eigenvalue weighted by Crippen LogP contribution is 2.13. The van der Waals surface area contributed by atoms with Crippen LogP contribution < -0.4 is 4.72 Å². The molecule has 21 heavy (non-hydrogen) atoms. The maximum absolute atomic E-state index is 11.9. The van der Waals surface area contributed by atoms with Crippen LogP contribution in [-0.4, -0.2) is 18.3 Å². The summed E-state index contributed by atoms with van der Waals surface area (Å²) in [6.07, 6.45) is 3.18. The highest BCUT2D eigenvalue weighted by Gasteiger charge is 2.12. The van der Waals surface area contributed by atoms with E-state index < -0.39 is 14.9 Å². The summed E-state index contributed by atoms with van der Waals surface area (Å²) < 4.78 is 26.3. The molecule has 0 saturated heterocycles. The Balaban J connectivity index is 1.99. The van der Waals surface area contributed by atoms with Crippen LogP contribution in [0.3, 0.4) is 0 Å². The van der Waals surface area contributed by atoms with E-state index >= 15 is 0 Å². The van der Waals surface area contributed by atoms with Crippen molar-refractivity contribution in [3.8, 4) is 0 Å². The zero-order chi connectivity index (χ0) is 15.3. The highest BCUT2D eigenvalue weighted by molar-refractivity contribution is 7.88. The fourth-order valence-corrected chi connectivity index (χ4v) is 2.80. The monoisotopic (exact) mass is 307 g/mol. The molecule has 0 bridgehead atoms. The molecule has 0 fully saturated rings. The second kappa shape index (κ2) is 6.42. The van der Waals surface area contributed by atoms with Gasteiger partial charge in [0.05, 0.1) is 10.7 Å². The van der Waals surface area contributed by atoms with Gasteiger partial charge in [0.15, 0.2) is 0 Å². The number of nitro groups is 1. The number of sulfonamides is 1. The van der Waals surface area contributed by atoms with Crippen molar-refractivity contribution in [1.29, 1.82) is 0 Å². The first-order chi connectivity index (χ1) is 9.96. The van der Waals surface area contributed by atoms with E-state index in [9.17, 15) is 18.5 Å². The Morgan fingerprint density at radius 3 is 2.43 bits per heavy atom. The van der Waals surface area contributed by atoms with Crippen molar-refractivity contribution < 1.29 is 13.3 Å². The topological polar surface area (TPSA) is 102 Å². The van der Waals surface area contributed by atoms with Crippen LogP contribution >= 0.6 is 0 Å². The number of nitrogens with zero attached hydrogens (tertiary/aromatic N) is 2. The third-order valence-corrected chi connectivity index (χ3v) is 4.02. The molecule has 7 nitrogen and oxygen atoms in total. The number of rotatable bonds is 6. The second-order valence-electron chi connectivity index (χ2n) is 4.37. The van der Waals surface area contributed by atoms with E-state index in [-0.39, 0.29) is 18.0 Å². The Bertz CT molecular complexity index is 715. The lowest BCUT2D eigenvalue weighted by molar-refractivity contribution is -0.384. The maximum atomic E-state index is 11.9.